The molecule has 1 saturated heterocycles. The highest BCUT2D eigenvalue weighted by Crippen LogP contribution is 2.28. The fourth-order valence-corrected chi connectivity index (χ4v) is 3.18. The SMILES string of the molecule is O=C(c1ccc(Cl)cc1Cl)N1CCC(c2ncc[nH]2)CC1. The number of H-pyrrole nitrogens is 1. The van der Waals surface area contributed by atoms with Gasteiger partial charge < -0.3 is 9.88 Å². The van der Waals surface area contributed by atoms with E-state index in [4.69, 9.17) is 23.2 Å². The van der Waals surface area contributed by atoms with Crippen molar-refractivity contribution in [3.8, 4) is 0 Å². The van der Waals surface area contributed by atoms with Crippen molar-refractivity contribution in [2.24, 2.45) is 0 Å². The van der Waals surface area contributed by atoms with Crippen molar-refractivity contribution in [3.05, 3.63) is 52.0 Å². The quantitative estimate of drug-likeness (QED) is 0.915. The van der Waals surface area contributed by atoms with Gasteiger partial charge in [0.2, 0.25) is 0 Å². The number of nitrogens with one attached hydrogen (secondary N) is 1. The van der Waals surface area contributed by atoms with E-state index in [1.165, 1.54) is 0 Å². The molecular weight excluding hydrogens is 309 g/mol. The highest BCUT2D eigenvalue weighted by Gasteiger charge is 2.26. The average molecular weight is 324 g/mol. The minimum Gasteiger partial charge on any atom is -0.348 e. The number of carbonyl (C=O) groups excluding carboxylic acids is 1. The van der Waals surface area contributed by atoms with Crippen LogP contribution in [0, 0.1) is 0 Å². The van der Waals surface area contributed by atoms with Crippen molar-refractivity contribution in [2.45, 2.75) is 18.8 Å². The van der Waals surface area contributed by atoms with Crippen molar-refractivity contribution in [2.75, 3.05) is 13.1 Å². The Hall–Kier alpha value is -1.52. The second-order valence-electron chi connectivity index (χ2n) is 5.17. The summed E-state index contributed by atoms with van der Waals surface area (Å²) in [6, 6.07) is 4.98. The van der Waals surface area contributed by atoms with E-state index < -0.39 is 0 Å². The Balaban J connectivity index is 1.67. The highest BCUT2D eigenvalue weighted by molar-refractivity contribution is 6.36. The fourth-order valence-electron chi connectivity index (χ4n) is 2.69. The molecule has 3 rings (SSSR count). The van der Waals surface area contributed by atoms with Gasteiger partial charge in [0.25, 0.3) is 5.91 Å². The number of hydrogen-bond acceptors (Lipinski definition) is 2. The Morgan fingerprint density at radius 2 is 2.05 bits per heavy atom. The summed E-state index contributed by atoms with van der Waals surface area (Å²) in [6.07, 6.45) is 5.41. The smallest absolute Gasteiger partial charge is 0.255 e. The molecular formula is C15H15Cl2N3O. The Kier molecular flexibility index (Phi) is 4.17. The summed E-state index contributed by atoms with van der Waals surface area (Å²) in [6.45, 7) is 1.42. The van der Waals surface area contributed by atoms with Gasteiger partial charge in [0, 0.05) is 36.4 Å². The monoisotopic (exact) mass is 323 g/mol. The van der Waals surface area contributed by atoms with E-state index >= 15 is 0 Å². The van der Waals surface area contributed by atoms with Gasteiger partial charge in [-0.1, -0.05) is 23.2 Å². The number of amides is 1. The van der Waals surface area contributed by atoms with E-state index in [2.05, 4.69) is 9.97 Å². The van der Waals surface area contributed by atoms with Gasteiger partial charge in [-0.05, 0) is 31.0 Å². The predicted octanol–water partition coefficient (Wildman–Crippen LogP) is 3.74. The molecule has 1 aromatic carbocycles. The molecule has 0 bridgehead atoms. The van der Waals surface area contributed by atoms with E-state index in [0.29, 0.717) is 34.6 Å². The zero-order valence-corrected chi connectivity index (χ0v) is 12.9. The molecule has 4 nitrogen and oxygen atoms in total. The highest BCUT2D eigenvalue weighted by atomic mass is 35.5. The first-order valence-electron chi connectivity index (χ1n) is 6.89. The normalized spacial score (nSPS) is 16.2. The number of carbonyl (C=O) groups is 1. The van der Waals surface area contributed by atoms with Crippen LogP contribution in [-0.2, 0) is 0 Å². The summed E-state index contributed by atoms with van der Waals surface area (Å²) < 4.78 is 0. The van der Waals surface area contributed by atoms with Gasteiger partial charge in [-0.25, -0.2) is 4.98 Å². The lowest BCUT2D eigenvalue weighted by atomic mass is 9.95. The molecule has 0 aliphatic carbocycles. The molecule has 2 heterocycles. The van der Waals surface area contributed by atoms with Crippen LogP contribution in [0.15, 0.2) is 30.6 Å². The molecule has 1 fully saturated rings. The van der Waals surface area contributed by atoms with E-state index in [9.17, 15) is 4.79 Å². The second-order valence-corrected chi connectivity index (χ2v) is 6.01. The maximum absolute atomic E-state index is 12.5. The lowest BCUT2D eigenvalue weighted by Crippen LogP contribution is -2.38. The van der Waals surface area contributed by atoms with E-state index in [0.717, 1.165) is 18.7 Å². The predicted molar refractivity (Wildman–Crippen MR) is 82.9 cm³/mol. The summed E-state index contributed by atoms with van der Waals surface area (Å²) in [5, 5.41) is 0.939. The van der Waals surface area contributed by atoms with E-state index in [1.54, 1.807) is 24.4 Å². The number of hydrogen-bond donors (Lipinski definition) is 1. The number of imidazole rings is 1. The van der Waals surface area contributed by atoms with Crippen LogP contribution in [0.1, 0.15) is 34.9 Å². The molecule has 6 heteroatoms. The number of piperidine rings is 1. The van der Waals surface area contributed by atoms with Crippen molar-refractivity contribution in [3.63, 3.8) is 0 Å². The molecule has 1 N–H and O–H groups in total. The molecule has 0 unspecified atom stereocenters. The summed E-state index contributed by atoms with van der Waals surface area (Å²) >= 11 is 12.0. The number of benzene rings is 1. The van der Waals surface area contributed by atoms with Gasteiger partial charge in [-0.15, -0.1) is 0 Å². The summed E-state index contributed by atoms with van der Waals surface area (Å²) in [7, 11) is 0. The maximum Gasteiger partial charge on any atom is 0.255 e. The van der Waals surface area contributed by atoms with Gasteiger partial charge in [-0.3, -0.25) is 4.79 Å². The van der Waals surface area contributed by atoms with Crippen LogP contribution in [-0.4, -0.2) is 33.9 Å². The van der Waals surface area contributed by atoms with Gasteiger partial charge in [0.1, 0.15) is 5.82 Å². The van der Waals surface area contributed by atoms with E-state index in [-0.39, 0.29) is 5.91 Å². The lowest BCUT2D eigenvalue weighted by Gasteiger charge is -2.31. The lowest BCUT2D eigenvalue weighted by molar-refractivity contribution is 0.0711. The third kappa shape index (κ3) is 3.06. The van der Waals surface area contributed by atoms with Crippen molar-refractivity contribution < 1.29 is 4.79 Å². The zero-order valence-electron chi connectivity index (χ0n) is 11.4. The van der Waals surface area contributed by atoms with Crippen molar-refractivity contribution >= 4 is 29.1 Å². The molecule has 0 spiro atoms. The Labute approximate surface area is 133 Å². The van der Waals surface area contributed by atoms with Crippen LogP contribution in [0.25, 0.3) is 0 Å². The van der Waals surface area contributed by atoms with Crippen LogP contribution in [0.3, 0.4) is 0 Å². The molecule has 110 valence electrons. The van der Waals surface area contributed by atoms with Crippen LogP contribution in [0.5, 0.6) is 0 Å². The molecule has 21 heavy (non-hydrogen) atoms. The summed E-state index contributed by atoms with van der Waals surface area (Å²) in [5.74, 6) is 1.37. The maximum atomic E-state index is 12.5. The van der Waals surface area contributed by atoms with Crippen LogP contribution in [0.2, 0.25) is 10.0 Å². The number of aromatic nitrogens is 2. The number of halogens is 2. The Morgan fingerprint density at radius 1 is 1.29 bits per heavy atom. The fraction of sp³-hybridized carbons (Fsp3) is 0.333. The minimum atomic E-state index is -0.0328. The number of rotatable bonds is 2. The molecule has 2 aromatic rings. The third-order valence-corrected chi connectivity index (χ3v) is 4.40. The summed E-state index contributed by atoms with van der Waals surface area (Å²) in [4.78, 5) is 21.8. The van der Waals surface area contributed by atoms with Crippen molar-refractivity contribution in [1.29, 1.82) is 0 Å². The summed E-state index contributed by atoms with van der Waals surface area (Å²) in [5.41, 5.74) is 0.512. The molecule has 0 atom stereocenters. The minimum absolute atomic E-state index is 0.0328. The number of likely N-dealkylation sites (tertiary alicyclic amines) is 1. The molecule has 0 radical (unpaired) electrons. The number of aromatic amines is 1. The van der Waals surface area contributed by atoms with Crippen molar-refractivity contribution in [1.82, 2.24) is 14.9 Å². The first kappa shape index (κ1) is 14.4. The van der Waals surface area contributed by atoms with E-state index in [1.807, 2.05) is 11.1 Å². The Bertz CT molecular complexity index is 634. The first-order chi connectivity index (χ1) is 10.1. The largest absolute Gasteiger partial charge is 0.348 e. The third-order valence-electron chi connectivity index (χ3n) is 3.85. The first-order valence-corrected chi connectivity index (χ1v) is 7.64. The van der Waals surface area contributed by atoms with Gasteiger partial charge in [0.05, 0.1) is 10.6 Å². The molecule has 1 aromatic heterocycles. The van der Waals surface area contributed by atoms with Crippen LogP contribution >= 0.6 is 23.2 Å². The van der Waals surface area contributed by atoms with Gasteiger partial charge in [-0.2, -0.15) is 0 Å². The van der Waals surface area contributed by atoms with Gasteiger partial charge in [0.15, 0.2) is 0 Å². The molecule has 1 aliphatic heterocycles. The van der Waals surface area contributed by atoms with Gasteiger partial charge >= 0.3 is 0 Å². The number of nitrogens with zero attached hydrogens (tertiary/aromatic N) is 2. The second kappa shape index (κ2) is 6.08. The van der Waals surface area contributed by atoms with Crippen LogP contribution < -0.4 is 0 Å². The molecule has 0 saturated carbocycles. The molecule has 1 amide bonds. The van der Waals surface area contributed by atoms with Crippen LogP contribution in [0.4, 0.5) is 0 Å². The zero-order chi connectivity index (χ0) is 14.8. The molecule has 1 aliphatic rings. The average Bonchev–Trinajstić information content (AvgIpc) is 3.01. The Morgan fingerprint density at radius 3 is 2.67 bits per heavy atom. The standard InChI is InChI=1S/C15H15Cl2N3O/c16-11-1-2-12(13(17)9-11)15(21)20-7-3-10(4-8-20)14-18-5-6-19-14/h1-2,5-6,9-10H,3-4,7-8H2,(H,18,19). The topological polar surface area (TPSA) is 49.0 Å².